The molecule has 2 amide bonds. The molecule has 0 aliphatic carbocycles. The lowest BCUT2D eigenvalue weighted by molar-refractivity contribution is -0.122. The van der Waals surface area contributed by atoms with Crippen molar-refractivity contribution in [2.45, 2.75) is 45.8 Å². The molecule has 1 unspecified atom stereocenters. The van der Waals surface area contributed by atoms with Crippen LogP contribution in [0.15, 0.2) is 76.1 Å². The maximum absolute atomic E-state index is 13.1. The number of amides is 2. The smallest absolute Gasteiger partial charge is 0.412 e. The van der Waals surface area contributed by atoms with Gasteiger partial charge in [-0.2, -0.15) is 4.98 Å². The summed E-state index contributed by atoms with van der Waals surface area (Å²) in [4.78, 5) is 46.9. The molecule has 3 N–H and O–H groups in total. The van der Waals surface area contributed by atoms with Crippen molar-refractivity contribution in [1.29, 1.82) is 0 Å². The Morgan fingerprint density at radius 1 is 1.03 bits per heavy atom. The number of fused-ring (bicyclic) bond motifs is 1. The Balaban J connectivity index is 1.52. The van der Waals surface area contributed by atoms with Gasteiger partial charge in [0.25, 0.3) is 6.01 Å². The molecule has 2 aromatic heterocycles. The minimum absolute atomic E-state index is 0.0155. The molecule has 0 radical (unpaired) electrons. The summed E-state index contributed by atoms with van der Waals surface area (Å²) in [5.74, 6) is -0.795. The molecule has 0 bridgehead atoms. The molecule has 0 aliphatic heterocycles. The van der Waals surface area contributed by atoms with Crippen LogP contribution >= 0.6 is 0 Å². The van der Waals surface area contributed by atoms with E-state index in [0.29, 0.717) is 16.8 Å². The van der Waals surface area contributed by atoms with E-state index in [1.54, 1.807) is 46.0 Å². The van der Waals surface area contributed by atoms with Gasteiger partial charge in [0.2, 0.25) is 5.91 Å². The first-order chi connectivity index (χ1) is 18.6. The fourth-order valence-electron chi connectivity index (χ4n) is 3.98. The second-order valence-electron chi connectivity index (χ2n) is 9.95. The summed E-state index contributed by atoms with van der Waals surface area (Å²) in [5.41, 5.74) is 1.55. The topological polar surface area (TPSA) is 135 Å². The van der Waals surface area contributed by atoms with Crippen LogP contribution in [0.4, 0.5) is 16.5 Å². The number of carbonyl (C=O) groups excluding carboxylic acids is 2. The Bertz CT molecular complexity index is 1510. The van der Waals surface area contributed by atoms with Gasteiger partial charge < -0.3 is 19.8 Å². The maximum atomic E-state index is 13.1. The number of nitrogens with one attached hydrogen (secondary N) is 3. The van der Waals surface area contributed by atoms with Crippen molar-refractivity contribution >= 4 is 34.6 Å². The molecule has 10 nitrogen and oxygen atoms in total. The molecule has 0 spiro atoms. The largest absolute Gasteiger partial charge is 0.444 e. The Kier molecular flexibility index (Phi) is 8.24. The number of ether oxygens (including phenoxy) is 1. The Morgan fingerprint density at radius 2 is 1.77 bits per heavy atom. The lowest BCUT2D eigenvalue weighted by atomic mass is 9.98. The number of benzene rings is 2. The van der Waals surface area contributed by atoms with Crippen LogP contribution in [0.3, 0.4) is 0 Å². The van der Waals surface area contributed by atoms with Crippen molar-refractivity contribution in [2.75, 3.05) is 17.2 Å². The Hall–Kier alpha value is -4.73. The molecule has 39 heavy (non-hydrogen) atoms. The van der Waals surface area contributed by atoms with Crippen molar-refractivity contribution in [2.24, 2.45) is 0 Å². The van der Waals surface area contributed by atoms with E-state index in [-0.39, 0.29) is 30.4 Å². The predicted molar refractivity (Wildman–Crippen MR) is 149 cm³/mol. The van der Waals surface area contributed by atoms with Crippen LogP contribution in [0.2, 0.25) is 0 Å². The number of aryl methyl sites for hydroxylation is 1. The van der Waals surface area contributed by atoms with Crippen molar-refractivity contribution in [3.8, 4) is 0 Å². The van der Waals surface area contributed by atoms with E-state index in [4.69, 9.17) is 9.15 Å². The molecular weight excluding hydrogens is 498 g/mol. The Labute approximate surface area is 225 Å². The first-order valence-electron chi connectivity index (χ1n) is 12.5. The van der Waals surface area contributed by atoms with Crippen LogP contribution in [0.1, 0.15) is 43.5 Å². The van der Waals surface area contributed by atoms with E-state index >= 15 is 0 Å². The predicted octanol–water partition coefficient (Wildman–Crippen LogP) is 4.75. The first kappa shape index (κ1) is 27.3. The average Bonchev–Trinajstić information content (AvgIpc) is 2.89. The molecule has 0 fully saturated rings. The molecule has 0 saturated carbocycles. The first-order valence-corrected chi connectivity index (χ1v) is 12.5. The second kappa shape index (κ2) is 11.8. The molecule has 10 heteroatoms. The second-order valence-corrected chi connectivity index (χ2v) is 9.95. The molecule has 2 aromatic carbocycles. The summed E-state index contributed by atoms with van der Waals surface area (Å²) in [6.07, 6.45) is 1.04. The highest BCUT2D eigenvalue weighted by atomic mass is 16.6. The van der Waals surface area contributed by atoms with Crippen LogP contribution in [-0.2, 0) is 16.1 Å². The lowest BCUT2D eigenvalue weighted by Gasteiger charge is -2.20. The average molecular weight is 530 g/mol. The van der Waals surface area contributed by atoms with E-state index in [2.05, 4.69) is 25.9 Å². The number of hydrogen-bond acceptors (Lipinski definition) is 8. The standard InChI is InChI=1S/C29H31N5O5/c1-18-22(34-28(37)39-29(2,3)4)13-14-23-24(18)26(36)38-27(33-23)32-17-21(19-10-6-5-7-11-19)25(35)31-16-20-12-8-9-15-30-20/h5-15,21H,16-17H2,1-4H3,(H,31,35)(H,32,33)(H,34,37). The van der Waals surface area contributed by atoms with Gasteiger partial charge in [0, 0.05) is 18.4 Å². The summed E-state index contributed by atoms with van der Waals surface area (Å²) < 4.78 is 10.7. The zero-order valence-electron chi connectivity index (χ0n) is 22.3. The van der Waals surface area contributed by atoms with Gasteiger partial charge in [0.05, 0.1) is 29.1 Å². The summed E-state index contributed by atoms with van der Waals surface area (Å²) >= 11 is 0. The van der Waals surface area contributed by atoms with Crippen LogP contribution in [0.5, 0.6) is 0 Å². The zero-order valence-corrected chi connectivity index (χ0v) is 22.3. The number of carbonyl (C=O) groups is 2. The van der Waals surface area contributed by atoms with E-state index in [1.165, 1.54) is 0 Å². The Morgan fingerprint density at radius 3 is 2.46 bits per heavy atom. The highest BCUT2D eigenvalue weighted by molar-refractivity contribution is 5.93. The minimum Gasteiger partial charge on any atom is -0.444 e. The van der Waals surface area contributed by atoms with E-state index in [0.717, 1.165) is 11.3 Å². The van der Waals surface area contributed by atoms with Gasteiger partial charge in [0.1, 0.15) is 5.60 Å². The third-order valence-electron chi connectivity index (χ3n) is 5.84. The van der Waals surface area contributed by atoms with Crippen LogP contribution in [-0.4, -0.2) is 34.1 Å². The summed E-state index contributed by atoms with van der Waals surface area (Å²) in [6, 6.07) is 18.1. The highest BCUT2D eigenvalue weighted by Crippen LogP contribution is 2.24. The van der Waals surface area contributed by atoms with E-state index in [9.17, 15) is 14.4 Å². The molecule has 4 rings (SSSR count). The molecule has 0 aliphatic rings. The van der Waals surface area contributed by atoms with Crippen molar-refractivity contribution in [3.63, 3.8) is 0 Å². The quantitative estimate of drug-likeness (QED) is 0.298. The van der Waals surface area contributed by atoms with Gasteiger partial charge in [-0.15, -0.1) is 0 Å². The van der Waals surface area contributed by atoms with E-state index < -0.39 is 23.2 Å². The monoisotopic (exact) mass is 529 g/mol. The fraction of sp³-hybridized carbons (Fsp3) is 0.276. The van der Waals surface area contributed by atoms with E-state index in [1.807, 2.05) is 48.5 Å². The summed E-state index contributed by atoms with van der Waals surface area (Å²) in [6.45, 7) is 7.40. The minimum atomic E-state index is -0.664. The zero-order chi connectivity index (χ0) is 28.0. The molecule has 202 valence electrons. The normalized spacial score (nSPS) is 12.0. The molecule has 2 heterocycles. The molecular formula is C29H31N5O5. The lowest BCUT2D eigenvalue weighted by Crippen LogP contribution is -2.33. The van der Waals surface area contributed by atoms with Gasteiger partial charge in [-0.3, -0.25) is 15.1 Å². The van der Waals surface area contributed by atoms with Gasteiger partial charge >= 0.3 is 11.7 Å². The third kappa shape index (κ3) is 7.19. The molecule has 0 saturated heterocycles. The van der Waals surface area contributed by atoms with Crippen molar-refractivity contribution in [3.05, 3.63) is 94.1 Å². The SMILES string of the molecule is Cc1c(NC(=O)OC(C)(C)C)ccc2nc(NCC(C(=O)NCc3ccccn3)c3ccccc3)oc(=O)c12. The van der Waals surface area contributed by atoms with Gasteiger partial charge in [-0.25, -0.2) is 9.59 Å². The maximum Gasteiger partial charge on any atom is 0.412 e. The van der Waals surface area contributed by atoms with Crippen molar-refractivity contribution < 1.29 is 18.7 Å². The molecule has 4 aromatic rings. The third-order valence-corrected chi connectivity index (χ3v) is 5.84. The highest BCUT2D eigenvalue weighted by Gasteiger charge is 2.22. The van der Waals surface area contributed by atoms with Crippen LogP contribution in [0.25, 0.3) is 10.9 Å². The van der Waals surface area contributed by atoms with Gasteiger partial charge in [-0.05, 0) is 63.1 Å². The number of anilines is 2. The van der Waals surface area contributed by atoms with Gasteiger partial charge in [-0.1, -0.05) is 36.4 Å². The van der Waals surface area contributed by atoms with Gasteiger partial charge in [0.15, 0.2) is 0 Å². The number of hydrogen-bond donors (Lipinski definition) is 3. The van der Waals surface area contributed by atoms with Crippen LogP contribution < -0.4 is 21.6 Å². The number of pyridine rings is 1. The summed E-state index contributed by atoms with van der Waals surface area (Å²) in [5, 5.41) is 8.82. The summed E-state index contributed by atoms with van der Waals surface area (Å²) in [7, 11) is 0. The van der Waals surface area contributed by atoms with Crippen molar-refractivity contribution in [1.82, 2.24) is 15.3 Å². The van der Waals surface area contributed by atoms with Crippen LogP contribution in [0, 0.1) is 6.92 Å². The fourth-order valence-corrected chi connectivity index (χ4v) is 3.98. The number of aromatic nitrogens is 2. The number of rotatable bonds is 8. The number of nitrogens with zero attached hydrogens (tertiary/aromatic N) is 2. The molecule has 1 atom stereocenters.